The highest BCUT2D eigenvalue weighted by molar-refractivity contribution is 4.83. The zero-order valence-corrected chi connectivity index (χ0v) is 11.8. The lowest BCUT2D eigenvalue weighted by Crippen LogP contribution is -2.45. The fraction of sp³-hybridized carbons (Fsp3) is 1.00. The summed E-state index contributed by atoms with van der Waals surface area (Å²) in [6.07, 6.45) is 9.98. The number of hydrogen-bond acceptors (Lipinski definition) is 2. The first-order chi connectivity index (χ1) is 8.33. The van der Waals surface area contributed by atoms with E-state index in [1.807, 2.05) is 0 Å². The Morgan fingerprint density at radius 3 is 2.41 bits per heavy atom. The summed E-state index contributed by atoms with van der Waals surface area (Å²) < 4.78 is 0. The van der Waals surface area contributed by atoms with Gasteiger partial charge in [-0.05, 0) is 57.7 Å². The van der Waals surface area contributed by atoms with Crippen molar-refractivity contribution >= 4 is 0 Å². The third-order valence-electron chi connectivity index (χ3n) is 5.06. The molecule has 1 aliphatic heterocycles. The first-order valence-electron chi connectivity index (χ1n) is 7.73. The molecule has 0 bridgehead atoms. The maximum absolute atomic E-state index is 3.54. The van der Waals surface area contributed by atoms with Gasteiger partial charge < -0.3 is 10.2 Å². The van der Waals surface area contributed by atoms with Crippen LogP contribution in [-0.4, -0.2) is 37.6 Å². The van der Waals surface area contributed by atoms with Crippen LogP contribution in [0.1, 0.15) is 51.9 Å². The van der Waals surface area contributed by atoms with Crippen LogP contribution in [0.3, 0.4) is 0 Å². The molecule has 2 atom stereocenters. The Hall–Kier alpha value is -0.0800. The van der Waals surface area contributed by atoms with Gasteiger partial charge in [0.1, 0.15) is 0 Å². The molecule has 1 saturated carbocycles. The van der Waals surface area contributed by atoms with Crippen molar-refractivity contribution in [1.29, 1.82) is 0 Å². The summed E-state index contributed by atoms with van der Waals surface area (Å²) in [5.74, 6) is 1.92. The highest BCUT2D eigenvalue weighted by Gasteiger charge is 2.27. The molecule has 0 aromatic heterocycles. The molecule has 2 heteroatoms. The molecule has 2 unspecified atom stereocenters. The van der Waals surface area contributed by atoms with Gasteiger partial charge in [0.2, 0.25) is 0 Å². The van der Waals surface area contributed by atoms with Crippen LogP contribution in [0.5, 0.6) is 0 Å². The molecule has 17 heavy (non-hydrogen) atoms. The first kappa shape index (κ1) is 13.4. The van der Waals surface area contributed by atoms with E-state index in [0.29, 0.717) is 0 Å². The van der Waals surface area contributed by atoms with Gasteiger partial charge in [-0.15, -0.1) is 0 Å². The average Bonchev–Trinajstić information content (AvgIpc) is 2.40. The molecule has 1 heterocycles. The van der Waals surface area contributed by atoms with Crippen molar-refractivity contribution in [3.63, 3.8) is 0 Å². The zero-order chi connectivity index (χ0) is 12.1. The van der Waals surface area contributed by atoms with Gasteiger partial charge in [0, 0.05) is 12.6 Å². The van der Waals surface area contributed by atoms with Gasteiger partial charge >= 0.3 is 0 Å². The smallest absolute Gasteiger partial charge is 0.0104 e. The molecule has 1 saturated heterocycles. The minimum atomic E-state index is 0.785. The molecule has 1 N–H and O–H groups in total. The van der Waals surface area contributed by atoms with Gasteiger partial charge in [-0.25, -0.2) is 0 Å². The van der Waals surface area contributed by atoms with E-state index in [0.717, 1.165) is 17.9 Å². The molecule has 2 fully saturated rings. The molecule has 100 valence electrons. The lowest BCUT2D eigenvalue weighted by molar-refractivity contribution is 0.129. The molecule has 0 spiro atoms. The van der Waals surface area contributed by atoms with Crippen LogP contribution in [0.2, 0.25) is 0 Å². The van der Waals surface area contributed by atoms with Gasteiger partial charge in [-0.1, -0.05) is 26.2 Å². The van der Waals surface area contributed by atoms with Crippen molar-refractivity contribution in [2.75, 3.05) is 26.7 Å². The fourth-order valence-electron chi connectivity index (χ4n) is 3.72. The molecule has 1 aliphatic carbocycles. The second-order valence-electron chi connectivity index (χ2n) is 6.09. The summed E-state index contributed by atoms with van der Waals surface area (Å²) >= 11 is 0. The van der Waals surface area contributed by atoms with Crippen LogP contribution in [0.4, 0.5) is 0 Å². The topological polar surface area (TPSA) is 15.3 Å². The number of likely N-dealkylation sites (tertiary alicyclic amines) is 1. The van der Waals surface area contributed by atoms with Crippen LogP contribution < -0.4 is 5.32 Å². The largest absolute Gasteiger partial charge is 0.317 e. The number of rotatable bonds is 4. The third-order valence-corrected chi connectivity index (χ3v) is 5.06. The van der Waals surface area contributed by atoms with Gasteiger partial charge in [0.15, 0.2) is 0 Å². The summed E-state index contributed by atoms with van der Waals surface area (Å²) in [4.78, 5) is 2.73. The highest BCUT2D eigenvalue weighted by Crippen LogP contribution is 2.27. The van der Waals surface area contributed by atoms with E-state index >= 15 is 0 Å². The standard InChI is InChI=1S/C15H30N2/c1-3-13-8-10-17(11-9-13)12-14-6-4-5-7-15(14)16-2/h13-16H,3-12H2,1-2H3. The molecule has 0 aromatic rings. The van der Waals surface area contributed by atoms with E-state index in [1.165, 1.54) is 64.6 Å². The fourth-order valence-corrected chi connectivity index (χ4v) is 3.72. The van der Waals surface area contributed by atoms with Crippen LogP contribution in [0.25, 0.3) is 0 Å². The Bertz CT molecular complexity index is 209. The van der Waals surface area contributed by atoms with Crippen molar-refractivity contribution < 1.29 is 0 Å². The summed E-state index contributed by atoms with van der Waals surface area (Å²) in [6.45, 7) is 6.40. The minimum absolute atomic E-state index is 0.785. The van der Waals surface area contributed by atoms with E-state index in [9.17, 15) is 0 Å². The van der Waals surface area contributed by atoms with Crippen molar-refractivity contribution in [3.05, 3.63) is 0 Å². The Morgan fingerprint density at radius 2 is 1.76 bits per heavy atom. The maximum Gasteiger partial charge on any atom is 0.0104 e. The van der Waals surface area contributed by atoms with Crippen molar-refractivity contribution in [2.24, 2.45) is 11.8 Å². The van der Waals surface area contributed by atoms with Crippen LogP contribution in [-0.2, 0) is 0 Å². The predicted octanol–water partition coefficient (Wildman–Crippen LogP) is 2.89. The second kappa shape index (κ2) is 6.75. The quantitative estimate of drug-likeness (QED) is 0.810. The summed E-state index contributed by atoms with van der Waals surface area (Å²) in [5.41, 5.74) is 0. The average molecular weight is 238 g/mol. The molecule has 2 nitrogen and oxygen atoms in total. The SMILES string of the molecule is CCC1CCN(CC2CCCCC2NC)CC1. The Balaban J connectivity index is 1.76. The summed E-state index contributed by atoms with van der Waals surface area (Å²) in [5, 5.41) is 3.54. The highest BCUT2D eigenvalue weighted by atomic mass is 15.1. The second-order valence-corrected chi connectivity index (χ2v) is 6.09. The number of nitrogens with zero attached hydrogens (tertiary/aromatic N) is 1. The lowest BCUT2D eigenvalue weighted by Gasteiger charge is -2.38. The Morgan fingerprint density at radius 1 is 1.06 bits per heavy atom. The van der Waals surface area contributed by atoms with Crippen molar-refractivity contribution in [2.45, 2.75) is 57.9 Å². The molecule has 0 aromatic carbocycles. The van der Waals surface area contributed by atoms with Crippen LogP contribution >= 0.6 is 0 Å². The zero-order valence-electron chi connectivity index (χ0n) is 11.8. The van der Waals surface area contributed by atoms with E-state index in [-0.39, 0.29) is 0 Å². The van der Waals surface area contributed by atoms with Gasteiger partial charge in [0.05, 0.1) is 0 Å². The lowest BCUT2D eigenvalue weighted by atomic mass is 9.83. The summed E-state index contributed by atoms with van der Waals surface area (Å²) in [6, 6.07) is 0.785. The maximum atomic E-state index is 3.54. The van der Waals surface area contributed by atoms with Crippen LogP contribution in [0.15, 0.2) is 0 Å². The number of piperidine rings is 1. The molecular weight excluding hydrogens is 208 g/mol. The molecule has 2 aliphatic rings. The minimum Gasteiger partial charge on any atom is -0.317 e. The third kappa shape index (κ3) is 3.69. The van der Waals surface area contributed by atoms with Crippen LogP contribution in [0, 0.1) is 11.8 Å². The summed E-state index contributed by atoms with van der Waals surface area (Å²) in [7, 11) is 2.15. The van der Waals surface area contributed by atoms with Gasteiger partial charge in [0.25, 0.3) is 0 Å². The predicted molar refractivity (Wildman–Crippen MR) is 74.3 cm³/mol. The number of hydrogen-bond donors (Lipinski definition) is 1. The Labute approximate surface area is 107 Å². The van der Waals surface area contributed by atoms with E-state index in [2.05, 4.69) is 24.2 Å². The van der Waals surface area contributed by atoms with E-state index in [4.69, 9.17) is 0 Å². The molecule has 0 radical (unpaired) electrons. The van der Waals surface area contributed by atoms with E-state index < -0.39 is 0 Å². The van der Waals surface area contributed by atoms with Crippen molar-refractivity contribution in [3.8, 4) is 0 Å². The first-order valence-corrected chi connectivity index (χ1v) is 7.73. The Kier molecular flexibility index (Phi) is 5.30. The van der Waals surface area contributed by atoms with Gasteiger partial charge in [-0.2, -0.15) is 0 Å². The van der Waals surface area contributed by atoms with Gasteiger partial charge in [-0.3, -0.25) is 0 Å². The normalized spacial score (nSPS) is 32.8. The number of nitrogens with one attached hydrogen (secondary N) is 1. The molecular formula is C15H30N2. The van der Waals surface area contributed by atoms with E-state index in [1.54, 1.807) is 0 Å². The molecule has 0 amide bonds. The van der Waals surface area contributed by atoms with Crippen molar-refractivity contribution in [1.82, 2.24) is 10.2 Å². The molecule has 2 rings (SSSR count). The monoisotopic (exact) mass is 238 g/mol.